The van der Waals surface area contributed by atoms with E-state index in [1.165, 1.54) is 0 Å². The van der Waals surface area contributed by atoms with Crippen molar-refractivity contribution in [2.75, 3.05) is 13.2 Å². The minimum Gasteiger partial charge on any atom is -0.493 e. The third kappa shape index (κ3) is 4.17. The van der Waals surface area contributed by atoms with Crippen molar-refractivity contribution in [1.82, 2.24) is 0 Å². The maximum atomic E-state index is 12.8. The molecule has 2 atom stereocenters. The van der Waals surface area contributed by atoms with Gasteiger partial charge in [0.05, 0.1) is 25.4 Å². The fraction of sp³-hybridized carbons (Fsp3) is 0.400. The molecule has 0 aliphatic heterocycles. The molecule has 6 nitrogen and oxygen atoms in total. The van der Waals surface area contributed by atoms with Crippen LogP contribution in [0.4, 0.5) is 8.78 Å². The van der Waals surface area contributed by atoms with E-state index in [0.29, 0.717) is 6.07 Å². The van der Waals surface area contributed by atoms with Gasteiger partial charge in [0.2, 0.25) is 0 Å². The highest BCUT2D eigenvalue weighted by atomic mass is 19.1. The van der Waals surface area contributed by atoms with Gasteiger partial charge in [-0.2, -0.15) is 0 Å². The maximum absolute atomic E-state index is 12.8. The normalized spacial score (nSPS) is 13.6. The number of benzene rings is 1. The number of hydrogen-bond donors (Lipinski definition) is 2. The van der Waals surface area contributed by atoms with Gasteiger partial charge in [0.25, 0.3) is 0 Å². The summed E-state index contributed by atoms with van der Waals surface area (Å²) in [6.07, 6.45) is -1.31. The first-order valence-electron chi connectivity index (χ1n) is 4.99. The van der Waals surface area contributed by atoms with E-state index < -0.39 is 30.4 Å². The van der Waals surface area contributed by atoms with E-state index in [2.05, 4.69) is 10.0 Å². The van der Waals surface area contributed by atoms with Crippen LogP contribution in [0, 0.1) is 11.6 Å². The van der Waals surface area contributed by atoms with Crippen LogP contribution in [0.5, 0.6) is 5.75 Å². The van der Waals surface area contributed by atoms with Gasteiger partial charge in [0, 0.05) is 23.1 Å². The predicted octanol–water partition coefficient (Wildman–Crippen LogP) is 1.38. The van der Waals surface area contributed by atoms with Gasteiger partial charge in [0.15, 0.2) is 0 Å². The monoisotopic (exact) mass is 259 g/mol. The van der Waals surface area contributed by atoms with Crippen molar-refractivity contribution in [3.63, 3.8) is 0 Å². The molecule has 0 aliphatic rings. The predicted molar refractivity (Wildman–Crippen MR) is 57.9 cm³/mol. The van der Waals surface area contributed by atoms with E-state index in [4.69, 9.17) is 15.4 Å². The maximum Gasteiger partial charge on any atom is 0.129 e. The molecule has 1 rings (SSSR count). The summed E-state index contributed by atoms with van der Waals surface area (Å²) in [5.41, 5.74) is 8.26. The zero-order valence-corrected chi connectivity index (χ0v) is 9.20. The molecule has 98 valence electrons. The minimum absolute atomic E-state index is 0.101. The molecular weight excluding hydrogens is 248 g/mol. The van der Waals surface area contributed by atoms with Crippen LogP contribution < -0.4 is 4.74 Å². The number of ether oxygens (including phenoxy) is 1. The average molecular weight is 259 g/mol. The van der Waals surface area contributed by atoms with Gasteiger partial charge in [-0.1, -0.05) is 5.11 Å². The van der Waals surface area contributed by atoms with Crippen LogP contribution >= 0.6 is 0 Å². The zero-order valence-electron chi connectivity index (χ0n) is 9.20. The molecule has 0 aromatic heterocycles. The summed E-state index contributed by atoms with van der Waals surface area (Å²) >= 11 is 0. The molecule has 0 amide bonds. The highest BCUT2D eigenvalue weighted by molar-refractivity contribution is 5.23. The molecule has 0 bridgehead atoms. The van der Waals surface area contributed by atoms with E-state index in [-0.39, 0.29) is 12.4 Å². The van der Waals surface area contributed by atoms with Gasteiger partial charge < -0.3 is 14.9 Å². The Balaban J connectivity index is 2.69. The number of rotatable bonds is 6. The summed E-state index contributed by atoms with van der Waals surface area (Å²) in [6, 6.07) is 1.52. The summed E-state index contributed by atoms with van der Waals surface area (Å²) in [7, 11) is 0. The lowest BCUT2D eigenvalue weighted by Crippen LogP contribution is -2.32. The first-order valence-corrected chi connectivity index (χ1v) is 4.99. The molecule has 0 saturated carbocycles. The highest BCUT2D eigenvalue weighted by Gasteiger charge is 2.18. The smallest absolute Gasteiger partial charge is 0.129 e. The van der Waals surface area contributed by atoms with Crippen molar-refractivity contribution in [2.45, 2.75) is 12.1 Å². The number of aliphatic hydroxyl groups excluding tert-OH is 2. The molecule has 2 unspecified atom stereocenters. The van der Waals surface area contributed by atoms with Gasteiger partial charge in [-0.15, -0.1) is 0 Å². The van der Waals surface area contributed by atoms with Gasteiger partial charge >= 0.3 is 0 Å². The Morgan fingerprint density at radius 2 is 1.94 bits per heavy atom. The lowest BCUT2D eigenvalue weighted by molar-refractivity contribution is 0.0588. The number of halogens is 2. The Kier molecular flexibility index (Phi) is 5.31. The standard InChI is InChI=1S/C10H11F2N3O3/c11-6-1-7(12)3-8(2-6)18-5-9(14-15-13)10(17)4-16/h1-3,9-10,16-17H,4-5H2. The molecule has 0 spiro atoms. The van der Waals surface area contributed by atoms with Gasteiger partial charge in [-0.3, -0.25) is 0 Å². The van der Waals surface area contributed by atoms with E-state index in [9.17, 15) is 13.9 Å². The molecule has 0 aliphatic carbocycles. The molecule has 1 aromatic carbocycles. The summed E-state index contributed by atoms with van der Waals surface area (Å²) in [4.78, 5) is 2.48. The average Bonchev–Trinajstić information content (AvgIpc) is 2.32. The molecule has 2 N–H and O–H groups in total. The minimum atomic E-state index is -1.31. The van der Waals surface area contributed by atoms with Crippen LogP contribution in [0.3, 0.4) is 0 Å². The second-order valence-electron chi connectivity index (χ2n) is 3.44. The lowest BCUT2D eigenvalue weighted by Gasteiger charge is -2.16. The number of aliphatic hydroxyl groups is 2. The molecular formula is C10H11F2N3O3. The van der Waals surface area contributed by atoms with Crippen LogP contribution in [0.2, 0.25) is 0 Å². The van der Waals surface area contributed by atoms with Crippen LogP contribution in [-0.2, 0) is 0 Å². The molecule has 0 radical (unpaired) electrons. The molecule has 1 aromatic rings. The fourth-order valence-corrected chi connectivity index (χ4v) is 1.20. The highest BCUT2D eigenvalue weighted by Crippen LogP contribution is 2.16. The fourth-order valence-electron chi connectivity index (χ4n) is 1.20. The number of azide groups is 1. The van der Waals surface area contributed by atoms with Crippen molar-refractivity contribution >= 4 is 0 Å². The summed E-state index contributed by atoms with van der Waals surface area (Å²) in [5.74, 6) is -1.73. The van der Waals surface area contributed by atoms with Crippen molar-refractivity contribution in [3.8, 4) is 5.75 Å². The molecule has 0 saturated heterocycles. The molecule has 0 heterocycles. The van der Waals surface area contributed by atoms with E-state index in [0.717, 1.165) is 12.1 Å². The Labute approximate surface area is 101 Å². The Bertz CT molecular complexity index is 432. The topological polar surface area (TPSA) is 98.5 Å². The first kappa shape index (κ1) is 14.2. The van der Waals surface area contributed by atoms with Crippen LogP contribution in [0.1, 0.15) is 0 Å². The number of nitrogens with zero attached hydrogens (tertiary/aromatic N) is 3. The summed E-state index contributed by atoms with van der Waals surface area (Å²) in [6.45, 7) is -0.931. The van der Waals surface area contributed by atoms with Crippen LogP contribution in [0.25, 0.3) is 10.4 Å². The Morgan fingerprint density at radius 3 is 2.44 bits per heavy atom. The van der Waals surface area contributed by atoms with Crippen LogP contribution in [-0.4, -0.2) is 35.6 Å². The van der Waals surface area contributed by atoms with Crippen LogP contribution in [0.15, 0.2) is 23.3 Å². The van der Waals surface area contributed by atoms with Gasteiger partial charge in [0.1, 0.15) is 17.4 Å². The Morgan fingerprint density at radius 1 is 1.33 bits per heavy atom. The van der Waals surface area contributed by atoms with E-state index >= 15 is 0 Å². The third-order valence-corrected chi connectivity index (χ3v) is 2.09. The van der Waals surface area contributed by atoms with Gasteiger partial charge in [-0.25, -0.2) is 8.78 Å². The Hall–Kier alpha value is -1.89. The van der Waals surface area contributed by atoms with E-state index in [1.54, 1.807) is 0 Å². The van der Waals surface area contributed by atoms with Crippen molar-refractivity contribution in [1.29, 1.82) is 0 Å². The lowest BCUT2D eigenvalue weighted by atomic mass is 10.2. The van der Waals surface area contributed by atoms with E-state index in [1.807, 2.05) is 0 Å². The molecule has 18 heavy (non-hydrogen) atoms. The molecule has 0 fully saturated rings. The van der Waals surface area contributed by atoms with Crippen molar-refractivity contribution < 1.29 is 23.7 Å². The third-order valence-electron chi connectivity index (χ3n) is 2.09. The second-order valence-corrected chi connectivity index (χ2v) is 3.44. The largest absolute Gasteiger partial charge is 0.493 e. The summed E-state index contributed by atoms with van der Waals surface area (Å²) < 4.78 is 30.7. The first-order chi connectivity index (χ1) is 8.56. The van der Waals surface area contributed by atoms with Crippen molar-refractivity contribution in [2.24, 2.45) is 5.11 Å². The zero-order chi connectivity index (χ0) is 13.5. The quantitative estimate of drug-likeness (QED) is 0.458. The number of hydrogen-bond acceptors (Lipinski definition) is 4. The summed E-state index contributed by atoms with van der Waals surface area (Å²) in [5, 5.41) is 21.2. The van der Waals surface area contributed by atoms with Gasteiger partial charge in [-0.05, 0) is 5.53 Å². The second kappa shape index (κ2) is 6.75. The molecule has 8 heteroatoms. The van der Waals surface area contributed by atoms with Crippen molar-refractivity contribution in [3.05, 3.63) is 40.3 Å². The SMILES string of the molecule is [N-]=[N+]=NC(COc1cc(F)cc(F)c1)C(O)CO.